The Morgan fingerprint density at radius 2 is 2.22 bits per heavy atom. The maximum absolute atomic E-state index is 12.4. The Morgan fingerprint density at radius 3 is 2.96 bits per heavy atom. The molecule has 2 heterocycles. The molecule has 3 rings (SSSR count). The second-order valence-corrected chi connectivity index (χ2v) is 6.17. The van der Waals surface area contributed by atoms with Crippen LogP contribution in [0.15, 0.2) is 15.8 Å². The maximum atomic E-state index is 12.4. The highest BCUT2D eigenvalue weighted by Crippen LogP contribution is 2.29. The van der Waals surface area contributed by atoms with Crippen molar-refractivity contribution in [3.8, 4) is 0 Å². The van der Waals surface area contributed by atoms with Gasteiger partial charge >= 0.3 is 5.69 Å². The first-order valence-electron chi connectivity index (χ1n) is 7.85. The summed E-state index contributed by atoms with van der Waals surface area (Å²) < 4.78 is 12.4. The van der Waals surface area contributed by atoms with Crippen molar-refractivity contribution in [3.05, 3.63) is 32.6 Å². The van der Waals surface area contributed by atoms with Crippen LogP contribution in [0.2, 0.25) is 0 Å². The molecule has 2 atom stereocenters. The molecule has 2 fully saturated rings. The molecule has 1 aliphatic heterocycles. The first-order valence-corrected chi connectivity index (χ1v) is 7.85. The number of H-pyrrole nitrogens is 1. The number of rotatable bonds is 5. The number of aromatic nitrogens is 2. The van der Waals surface area contributed by atoms with E-state index in [1.54, 1.807) is 0 Å². The summed E-state index contributed by atoms with van der Waals surface area (Å²) in [5, 5.41) is 2.84. The first-order chi connectivity index (χ1) is 11.0. The number of hydrogen-bond acceptors (Lipinski definition) is 5. The Balaban J connectivity index is 1.68. The molecule has 2 N–H and O–H groups in total. The number of carbonyl (C=O) groups is 1. The van der Waals surface area contributed by atoms with Crippen molar-refractivity contribution in [3.63, 3.8) is 0 Å². The fourth-order valence-corrected chi connectivity index (χ4v) is 2.56. The summed E-state index contributed by atoms with van der Waals surface area (Å²) in [5.41, 5.74) is -1.32. The van der Waals surface area contributed by atoms with Crippen molar-refractivity contribution in [2.24, 2.45) is 13.0 Å². The molecule has 8 heteroatoms. The van der Waals surface area contributed by atoms with Crippen molar-refractivity contribution in [1.29, 1.82) is 0 Å². The molecule has 1 aromatic rings. The van der Waals surface area contributed by atoms with Gasteiger partial charge in [0.1, 0.15) is 11.7 Å². The standard InChI is InChI=1S/C15H21N3O5/c1-18-6-10(14(20)17-15(18)21)13(19)16-11-4-5-22-8-12(11)23-7-9-2-3-9/h6,9,11-12H,2-5,7-8H2,1H3,(H,16,19)(H,17,20,21)/t11-,12-/m1/s1. The van der Waals surface area contributed by atoms with E-state index in [2.05, 4.69) is 10.3 Å². The predicted octanol–water partition coefficient (Wildman–Crippen LogP) is -0.612. The van der Waals surface area contributed by atoms with E-state index in [1.165, 1.54) is 30.7 Å². The molecule has 126 valence electrons. The normalized spacial score (nSPS) is 24.4. The summed E-state index contributed by atoms with van der Waals surface area (Å²) in [5.74, 6) is 0.119. The molecule has 0 bridgehead atoms. The van der Waals surface area contributed by atoms with Gasteiger partial charge in [-0.25, -0.2) is 4.79 Å². The van der Waals surface area contributed by atoms with Crippen LogP contribution in [0.4, 0.5) is 0 Å². The minimum absolute atomic E-state index is 0.0838. The SMILES string of the molecule is Cn1cc(C(=O)N[C@@H]2CCOC[C@H]2OCC2CC2)c(=O)[nH]c1=O. The lowest BCUT2D eigenvalue weighted by Crippen LogP contribution is -2.51. The van der Waals surface area contributed by atoms with E-state index in [4.69, 9.17) is 9.47 Å². The number of carbonyl (C=O) groups excluding carboxylic acids is 1. The van der Waals surface area contributed by atoms with E-state index in [9.17, 15) is 14.4 Å². The van der Waals surface area contributed by atoms with Crippen molar-refractivity contribution in [2.45, 2.75) is 31.4 Å². The second kappa shape index (κ2) is 6.67. The van der Waals surface area contributed by atoms with Crippen molar-refractivity contribution < 1.29 is 14.3 Å². The van der Waals surface area contributed by atoms with Crippen LogP contribution in [0.3, 0.4) is 0 Å². The fraction of sp³-hybridized carbons (Fsp3) is 0.667. The maximum Gasteiger partial charge on any atom is 0.328 e. The number of hydrogen-bond donors (Lipinski definition) is 2. The highest BCUT2D eigenvalue weighted by atomic mass is 16.5. The van der Waals surface area contributed by atoms with Crippen molar-refractivity contribution in [2.75, 3.05) is 19.8 Å². The van der Waals surface area contributed by atoms with Crippen LogP contribution >= 0.6 is 0 Å². The Kier molecular flexibility index (Phi) is 4.63. The molecule has 1 amide bonds. The third-order valence-corrected chi connectivity index (χ3v) is 4.22. The van der Waals surface area contributed by atoms with Gasteiger partial charge in [0.15, 0.2) is 0 Å². The largest absolute Gasteiger partial charge is 0.379 e. The van der Waals surface area contributed by atoms with Crippen LogP contribution in [-0.4, -0.2) is 47.4 Å². The molecular formula is C15H21N3O5. The monoisotopic (exact) mass is 323 g/mol. The molecule has 1 saturated carbocycles. The van der Waals surface area contributed by atoms with E-state index in [1.807, 2.05) is 0 Å². The highest BCUT2D eigenvalue weighted by Gasteiger charge is 2.31. The zero-order valence-corrected chi connectivity index (χ0v) is 13.0. The van der Waals surface area contributed by atoms with Gasteiger partial charge in [0.05, 0.1) is 12.6 Å². The van der Waals surface area contributed by atoms with Crippen LogP contribution in [0.5, 0.6) is 0 Å². The third-order valence-electron chi connectivity index (χ3n) is 4.22. The summed E-state index contributed by atoms with van der Waals surface area (Å²) in [6.07, 6.45) is 4.05. The third kappa shape index (κ3) is 3.89. The molecule has 1 aromatic heterocycles. The van der Waals surface area contributed by atoms with Crippen LogP contribution in [0, 0.1) is 5.92 Å². The first kappa shape index (κ1) is 15.9. The van der Waals surface area contributed by atoms with Crippen LogP contribution in [-0.2, 0) is 16.5 Å². The molecule has 1 saturated heterocycles. The zero-order valence-electron chi connectivity index (χ0n) is 13.0. The molecule has 23 heavy (non-hydrogen) atoms. The Labute approximate surface area is 132 Å². The lowest BCUT2D eigenvalue weighted by atomic mass is 10.1. The lowest BCUT2D eigenvalue weighted by molar-refractivity contribution is -0.0697. The van der Waals surface area contributed by atoms with E-state index >= 15 is 0 Å². The van der Waals surface area contributed by atoms with E-state index in [0.29, 0.717) is 32.2 Å². The topological polar surface area (TPSA) is 102 Å². The molecule has 1 aliphatic carbocycles. The molecule has 0 aromatic carbocycles. The summed E-state index contributed by atoms with van der Waals surface area (Å²) in [6, 6.07) is -0.202. The lowest BCUT2D eigenvalue weighted by Gasteiger charge is -2.32. The smallest absolute Gasteiger partial charge is 0.328 e. The van der Waals surface area contributed by atoms with Gasteiger partial charge in [-0.2, -0.15) is 0 Å². The van der Waals surface area contributed by atoms with Gasteiger partial charge in [0, 0.05) is 26.5 Å². The molecule has 0 spiro atoms. The summed E-state index contributed by atoms with van der Waals surface area (Å²) in [7, 11) is 1.48. The average Bonchev–Trinajstić information content (AvgIpc) is 3.34. The Hall–Kier alpha value is -1.93. The van der Waals surface area contributed by atoms with Crippen LogP contribution in [0.1, 0.15) is 29.6 Å². The molecule has 2 aliphatic rings. The van der Waals surface area contributed by atoms with Gasteiger partial charge in [-0.05, 0) is 25.2 Å². The Bertz CT molecular complexity index is 691. The summed E-state index contributed by atoms with van der Waals surface area (Å²) in [4.78, 5) is 37.6. The molecule has 0 radical (unpaired) electrons. The highest BCUT2D eigenvalue weighted by molar-refractivity contribution is 5.93. The minimum atomic E-state index is -0.687. The Morgan fingerprint density at radius 1 is 1.43 bits per heavy atom. The molecule has 0 unspecified atom stereocenters. The van der Waals surface area contributed by atoms with Gasteiger partial charge in [-0.15, -0.1) is 0 Å². The van der Waals surface area contributed by atoms with E-state index in [0.717, 1.165) is 0 Å². The summed E-state index contributed by atoms with van der Waals surface area (Å²) >= 11 is 0. The van der Waals surface area contributed by atoms with Gasteiger partial charge < -0.3 is 19.4 Å². The molecular weight excluding hydrogens is 302 g/mol. The number of nitrogens with one attached hydrogen (secondary N) is 2. The average molecular weight is 323 g/mol. The number of ether oxygens (including phenoxy) is 2. The summed E-state index contributed by atoms with van der Waals surface area (Å²) in [6.45, 7) is 1.65. The fourth-order valence-electron chi connectivity index (χ4n) is 2.56. The number of aryl methyl sites for hydroxylation is 1. The number of amides is 1. The van der Waals surface area contributed by atoms with Crippen LogP contribution < -0.4 is 16.6 Å². The van der Waals surface area contributed by atoms with Gasteiger partial charge in [0.25, 0.3) is 11.5 Å². The van der Waals surface area contributed by atoms with Crippen molar-refractivity contribution in [1.82, 2.24) is 14.9 Å². The number of aromatic amines is 1. The van der Waals surface area contributed by atoms with Gasteiger partial charge in [-0.3, -0.25) is 14.6 Å². The quantitative estimate of drug-likeness (QED) is 0.752. The predicted molar refractivity (Wildman–Crippen MR) is 81.5 cm³/mol. The minimum Gasteiger partial charge on any atom is -0.379 e. The van der Waals surface area contributed by atoms with E-state index < -0.39 is 17.2 Å². The van der Waals surface area contributed by atoms with Gasteiger partial charge in [0.2, 0.25) is 0 Å². The van der Waals surface area contributed by atoms with Crippen LogP contribution in [0.25, 0.3) is 0 Å². The number of nitrogens with zero attached hydrogens (tertiary/aromatic N) is 1. The van der Waals surface area contributed by atoms with Crippen molar-refractivity contribution >= 4 is 5.91 Å². The zero-order chi connectivity index (χ0) is 16.4. The second-order valence-electron chi connectivity index (χ2n) is 6.17. The molecule has 8 nitrogen and oxygen atoms in total. The van der Waals surface area contributed by atoms with E-state index in [-0.39, 0.29) is 17.7 Å². The van der Waals surface area contributed by atoms with Gasteiger partial charge in [-0.1, -0.05) is 0 Å².